The lowest BCUT2D eigenvalue weighted by atomic mass is 10.3. The lowest BCUT2D eigenvalue weighted by Crippen LogP contribution is -2.21. The zero-order valence-electron chi connectivity index (χ0n) is 8.17. The number of hydrogen-bond acceptors (Lipinski definition) is 2. The minimum Gasteiger partial charge on any atom is -0.445 e. The summed E-state index contributed by atoms with van der Waals surface area (Å²) < 4.78 is 18.0. The Bertz CT molecular complexity index is 346. The lowest BCUT2D eigenvalue weighted by molar-refractivity contribution is 0.132. The van der Waals surface area contributed by atoms with E-state index in [-0.39, 0.29) is 11.8 Å². The number of para-hydroxylation sites is 1. The summed E-state index contributed by atoms with van der Waals surface area (Å²) in [6, 6.07) is 5.92. The Labute approximate surface area is 95.7 Å². The summed E-state index contributed by atoms with van der Waals surface area (Å²) in [5.74, 6) is -0.485. The maximum absolute atomic E-state index is 13.1. The second-order valence-corrected chi connectivity index (χ2v) is 3.62. The fraction of sp³-hybridized carbons (Fsp3) is 0.300. The monoisotopic (exact) mass is 275 g/mol. The maximum Gasteiger partial charge on any atom is 0.412 e. The number of ether oxygens (including phenoxy) is 1. The van der Waals surface area contributed by atoms with Gasteiger partial charge in [0.05, 0.1) is 5.69 Å². The van der Waals surface area contributed by atoms with Gasteiger partial charge >= 0.3 is 6.09 Å². The Morgan fingerprint density at radius 2 is 2.27 bits per heavy atom. The van der Waals surface area contributed by atoms with E-state index in [1.165, 1.54) is 12.1 Å². The van der Waals surface area contributed by atoms with Crippen LogP contribution in [0.15, 0.2) is 24.3 Å². The molecule has 0 radical (unpaired) electrons. The second kappa shape index (κ2) is 5.70. The van der Waals surface area contributed by atoms with Crippen LogP contribution < -0.4 is 5.32 Å². The van der Waals surface area contributed by atoms with Crippen LogP contribution in [0.2, 0.25) is 0 Å². The first-order valence-electron chi connectivity index (χ1n) is 4.41. The predicted octanol–water partition coefficient (Wildman–Crippen LogP) is 3.16. The molecule has 0 saturated heterocycles. The third kappa shape index (κ3) is 3.87. The lowest BCUT2D eigenvalue weighted by Gasteiger charge is -2.11. The Morgan fingerprint density at radius 1 is 1.60 bits per heavy atom. The number of nitrogens with one attached hydrogen (secondary N) is 1. The van der Waals surface area contributed by atoms with Crippen LogP contribution in [0.3, 0.4) is 0 Å². The molecule has 0 aliphatic carbocycles. The SMILES string of the molecule is CC(CBr)OC(=O)Nc1ccccc1F. The minimum absolute atomic E-state index is 0.115. The van der Waals surface area contributed by atoms with Crippen molar-refractivity contribution >= 4 is 27.7 Å². The van der Waals surface area contributed by atoms with Crippen LogP contribution in [0.5, 0.6) is 0 Å². The Kier molecular flexibility index (Phi) is 4.55. The molecule has 0 bridgehead atoms. The average Bonchev–Trinajstić information content (AvgIpc) is 2.21. The molecule has 0 spiro atoms. The molecule has 0 fully saturated rings. The number of carbonyl (C=O) groups is 1. The van der Waals surface area contributed by atoms with Crippen molar-refractivity contribution < 1.29 is 13.9 Å². The molecule has 1 aromatic carbocycles. The number of alkyl halides is 1. The van der Waals surface area contributed by atoms with Gasteiger partial charge in [0.25, 0.3) is 0 Å². The van der Waals surface area contributed by atoms with Crippen molar-refractivity contribution in [2.45, 2.75) is 13.0 Å². The van der Waals surface area contributed by atoms with Crippen LogP contribution in [0.4, 0.5) is 14.9 Å². The van der Waals surface area contributed by atoms with Crippen molar-refractivity contribution in [3.8, 4) is 0 Å². The minimum atomic E-state index is -0.660. The highest BCUT2D eigenvalue weighted by Gasteiger charge is 2.09. The molecule has 1 amide bonds. The summed E-state index contributed by atoms with van der Waals surface area (Å²) in [4.78, 5) is 11.2. The maximum atomic E-state index is 13.1. The zero-order valence-corrected chi connectivity index (χ0v) is 9.75. The van der Waals surface area contributed by atoms with E-state index in [1.54, 1.807) is 19.1 Å². The Hall–Kier alpha value is -1.10. The zero-order chi connectivity index (χ0) is 11.3. The number of amides is 1. The van der Waals surface area contributed by atoms with Gasteiger partial charge in [-0.2, -0.15) is 0 Å². The summed E-state index contributed by atoms with van der Waals surface area (Å²) in [7, 11) is 0. The van der Waals surface area contributed by atoms with Crippen LogP contribution in [0.25, 0.3) is 0 Å². The summed E-state index contributed by atoms with van der Waals surface area (Å²) in [5.41, 5.74) is 0.115. The van der Waals surface area contributed by atoms with E-state index in [1.807, 2.05) is 0 Å². The Balaban J connectivity index is 2.55. The van der Waals surface area contributed by atoms with Crippen molar-refractivity contribution in [2.24, 2.45) is 0 Å². The summed E-state index contributed by atoms with van der Waals surface area (Å²) in [5, 5.41) is 2.86. The van der Waals surface area contributed by atoms with Gasteiger partial charge in [0.1, 0.15) is 11.9 Å². The third-order valence-electron chi connectivity index (χ3n) is 1.64. The van der Waals surface area contributed by atoms with E-state index in [2.05, 4.69) is 21.2 Å². The fourth-order valence-corrected chi connectivity index (χ4v) is 1.05. The first-order valence-corrected chi connectivity index (χ1v) is 5.53. The number of hydrogen-bond donors (Lipinski definition) is 1. The molecule has 1 rings (SSSR count). The van der Waals surface area contributed by atoms with Gasteiger partial charge in [-0.3, -0.25) is 5.32 Å². The number of anilines is 1. The van der Waals surface area contributed by atoms with E-state index in [4.69, 9.17) is 4.74 Å². The second-order valence-electron chi connectivity index (χ2n) is 2.98. The fourth-order valence-electron chi connectivity index (χ4n) is 0.916. The Morgan fingerprint density at radius 3 is 2.87 bits per heavy atom. The molecule has 15 heavy (non-hydrogen) atoms. The van der Waals surface area contributed by atoms with E-state index >= 15 is 0 Å². The molecular formula is C10H11BrFNO2. The molecule has 0 aromatic heterocycles. The molecule has 3 nitrogen and oxygen atoms in total. The standard InChI is InChI=1S/C10H11BrFNO2/c1-7(6-11)15-10(14)13-9-5-3-2-4-8(9)12/h2-5,7H,6H2,1H3,(H,13,14). The van der Waals surface area contributed by atoms with Crippen LogP contribution in [0.1, 0.15) is 6.92 Å². The van der Waals surface area contributed by atoms with Crippen molar-refractivity contribution in [1.29, 1.82) is 0 Å². The van der Waals surface area contributed by atoms with Gasteiger partial charge < -0.3 is 4.74 Å². The van der Waals surface area contributed by atoms with Crippen LogP contribution in [-0.4, -0.2) is 17.5 Å². The van der Waals surface area contributed by atoms with E-state index in [9.17, 15) is 9.18 Å². The van der Waals surface area contributed by atoms with Gasteiger partial charge in [-0.15, -0.1) is 0 Å². The van der Waals surface area contributed by atoms with Crippen molar-refractivity contribution in [3.63, 3.8) is 0 Å². The highest BCUT2D eigenvalue weighted by molar-refractivity contribution is 9.09. The van der Waals surface area contributed by atoms with Gasteiger partial charge in [0, 0.05) is 5.33 Å². The van der Waals surface area contributed by atoms with Gasteiger partial charge in [-0.1, -0.05) is 28.1 Å². The van der Waals surface area contributed by atoms with Gasteiger partial charge in [0.15, 0.2) is 0 Å². The summed E-state index contributed by atoms with van der Waals surface area (Å²) in [6.07, 6.45) is -0.913. The first kappa shape index (κ1) is 12.0. The molecule has 1 unspecified atom stereocenters. The topological polar surface area (TPSA) is 38.3 Å². The number of rotatable bonds is 3. The van der Waals surface area contributed by atoms with Gasteiger partial charge in [-0.05, 0) is 19.1 Å². The molecule has 5 heteroatoms. The molecule has 0 heterocycles. The molecule has 1 aromatic rings. The van der Waals surface area contributed by atoms with E-state index < -0.39 is 11.9 Å². The number of halogens is 2. The van der Waals surface area contributed by atoms with Crippen LogP contribution >= 0.6 is 15.9 Å². The normalized spacial score (nSPS) is 11.9. The van der Waals surface area contributed by atoms with Crippen LogP contribution in [-0.2, 0) is 4.74 Å². The van der Waals surface area contributed by atoms with E-state index in [0.717, 1.165) is 0 Å². The third-order valence-corrected chi connectivity index (χ3v) is 2.55. The molecule has 0 aliphatic rings. The highest BCUT2D eigenvalue weighted by Crippen LogP contribution is 2.12. The smallest absolute Gasteiger partial charge is 0.412 e. The van der Waals surface area contributed by atoms with Crippen molar-refractivity contribution in [1.82, 2.24) is 0 Å². The molecule has 0 aliphatic heterocycles. The van der Waals surface area contributed by atoms with Gasteiger partial charge in [-0.25, -0.2) is 9.18 Å². The van der Waals surface area contributed by atoms with Crippen molar-refractivity contribution in [2.75, 3.05) is 10.6 Å². The summed E-state index contributed by atoms with van der Waals surface area (Å²) in [6.45, 7) is 1.73. The first-order chi connectivity index (χ1) is 7.13. The number of benzene rings is 1. The van der Waals surface area contributed by atoms with Crippen LogP contribution in [0, 0.1) is 5.82 Å². The average molecular weight is 276 g/mol. The van der Waals surface area contributed by atoms with E-state index in [0.29, 0.717) is 5.33 Å². The molecular weight excluding hydrogens is 265 g/mol. The molecule has 0 saturated carbocycles. The molecule has 1 N–H and O–H groups in total. The quantitative estimate of drug-likeness (QED) is 0.861. The van der Waals surface area contributed by atoms with Gasteiger partial charge in [0.2, 0.25) is 0 Å². The molecule has 1 atom stereocenters. The molecule has 82 valence electrons. The highest BCUT2D eigenvalue weighted by atomic mass is 79.9. The number of carbonyl (C=O) groups excluding carboxylic acids is 1. The van der Waals surface area contributed by atoms with Crippen molar-refractivity contribution in [3.05, 3.63) is 30.1 Å². The summed E-state index contributed by atoms with van der Waals surface area (Å²) >= 11 is 3.16. The largest absolute Gasteiger partial charge is 0.445 e. The predicted molar refractivity (Wildman–Crippen MR) is 59.8 cm³/mol.